The maximum Gasteiger partial charge on any atom is 0.316 e. The lowest BCUT2D eigenvalue weighted by Crippen LogP contribution is -2.25. The van der Waals surface area contributed by atoms with Crippen molar-refractivity contribution in [2.45, 2.75) is 27.7 Å². The van der Waals surface area contributed by atoms with E-state index in [9.17, 15) is 9.59 Å². The van der Waals surface area contributed by atoms with Gasteiger partial charge in [-0.15, -0.1) is 0 Å². The summed E-state index contributed by atoms with van der Waals surface area (Å²) in [5, 5.41) is 0. The van der Waals surface area contributed by atoms with E-state index >= 15 is 0 Å². The first-order valence-electron chi connectivity index (χ1n) is 8.93. The van der Waals surface area contributed by atoms with Crippen LogP contribution in [0.2, 0.25) is 0 Å². The van der Waals surface area contributed by atoms with Crippen LogP contribution in [0.3, 0.4) is 0 Å². The van der Waals surface area contributed by atoms with Gasteiger partial charge < -0.3 is 14.2 Å². The third-order valence-electron chi connectivity index (χ3n) is 4.14. The average molecular weight is 382 g/mol. The first-order valence-corrected chi connectivity index (χ1v) is 8.93. The molecule has 0 unspecified atom stereocenters. The second-order valence-corrected chi connectivity index (χ2v) is 7.39. The zero-order valence-electron chi connectivity index (χ0n) is 17.2. The summed E-state index contributed by atoms with van der Waals surface area (Å²) in [6.45, 7) is 7.28. The Balaban J connectivity index is 2.20. The highest BCUT2D eigenvalue weighted by molar-refractivity contribution is 6.07. The van der Waals surface area contributed by atoms with Crippen molar-refractivity contribution in [1.29, 1.82) is 0 Å². The van der Waals surface area contributed by atoms with Gasteiger partial charge in [-0.1, -0.05) is 6.07 Å². The molecule has 0 spiro atoms. The van der Waals surface area contributed by atoms with Gasteiger partial charge in [0.2, 0.25) is 0 Å². The zero-order chi connectivity index (χ0) is 20.9. The number of hydrogen-bond donors (Lipinski definition) is 0. The van der Waals surface area contributed by atoms with E-state index in [0.29, 0.717) is 28.4 Å². The van der Waals surface area contributed by atoms with Gasteiger partial charge in [-0.25, -0.2) is 0 Å². The van der Waals surface area contributed by atoms with Crippen molar-refractivity contribution in [1.82, 2.24) is 0 Å². The summed E-state index contributed by atoms with van der Waals surface area (Å²) in [6.07, 6.45) is 3.15. The normalized spacial score (nSPS) is 11.4. The molecule has 2 aromatic rings. The quantitative estimate of drug-likeness (QED) is 0.309. The molecule has 0 heterocycles. The number of ether oxygens (including phenoxy) is 3. The number of benzene rings is 2. The molecule has 2 aromatic carbocycles. The minimum atomic E-state index is -0.594. The molecule has 0 fully saturated rings. The number of aryl methyl sites for hydroxylation is 1. The van der Waals surface area contributed by atoms with Crippen LogP contribution in [0.5, 0.6) is 17.2 Å². The SMILES string of the molecule is COc1ccc(C)c(OC)c1C=CC(=O)c1ccc(OC(=O)C(C)(C)C)cc1. The molecule has 0 aliphatic rings. The number of methoxy groups -OCH3 is 2. The number of esters is 1. The lowest BCUT2D eigenvalue weighted by molar-refractivity contribution is -0.142. The van der Waals surface area contributed by atoms with E-state index in [4.69, 9.17) is 14.2 Å². The Kier molecular flexibility index (Phi) is 6.62. The molecule has 0 N–H and O–H groups in total. The Labute approximate surface area is 165 Å². The zero-order valence-corrected chi connectivity index (χ0v) is 17.2. The van der Waals surface area contributed by atoms with Crippen LogP contribution in [0.25, 0.3) is 6.08 Å². The predicted octanol–water partition coefficient (Wildman–Crippen LogP) is 4.86. The second kappa shape index (κ2) is 8.74. The molecule has 0 aromatic heterocycles. The molecule has 0 atom stereocenters. The first kappa shape index (κ1) is 21.2. The summed E-state index contributed by atoms with van der Waals surface area (Å²) in [5.41, 5.74) is 1.54. The van der Waals surface area contributed by atoms with Gasteiger partial charge in [0.05, 0.1) is 25.2 Å². The monoisotopic (exact) mass is 382 g/mol. The van der Waals surface area contributed by atoms with Gasteiger partial charge in [0.25, 0.3) is 0 Å². The maximum absolute atomic E-state index is 12.5. The van der Waals surface area contributed by atoms with E-state index in [2.05, 4.69) is 0 Å². The van der Waals surface area contributed by atoms with Crippen molar-refractivity contribution in [3.8, 4) is 17.2 Å². The summed E-state index contributed by atoms with van der Waals surface area (Å²) >= 11 is 0. The number of carbonyl (C=O) groups excluding carboxylic acids is 2. The summed E-state index contributed by atoms with van der Waals surface area (Å²) in [5.74, 6) is 1.18. The molecule has 0 radical (unpaired) electrons. The molecular weight excluding hydrogens is 356 g/mol. The molecule has 5 nitrogen and oxygen atoms in total. The minimum Gasteiger partial charge on any atom is -0.496 e. The fraction of sp³-hybridized carbons (Fsp3) is 0.304. The second-order valence-electron chi connectivity index (χ2n) is 7.39. The van der Waals surface area contributed by atoms with E-state index < -0.39 is 5.41 Å². The van der Waals surface area contributed by atoms with Crippen LogP contribution < -0.4 is 14.2 Å². The lowest BCUT2D eigenvalue weighted by Gasteiger charge is -2.16. The number of allylic oxidation sites excluding steroid dienone is 1. The van der Waals surface area contributed by atoms with Crippen LogP contribution in [0.15, 0.2) is 42.5 Å². The van der Waals surface area contributed by atoms with Crippen molar-refractivity contribution >= 4 is 17.8 Å². The Morgan fingerprint density at radius 1 is 0.929 bits per heavy atom. The minimum absolute atomic E-state index is 0.181. The smallest absolute Gasteiger partial charge is 0.316 e. The Hall–Kier alpha value is -3.08. The summed E-state index contributed by atoms with van der Waals surface area (Å²) in [7, 11) is 3.15. The molecule has 0 aliphatic carbocycles. The van der Waals surface area contributed by atoms with E-state index in [0.717, 1.165) is 5.56 Å². The average Bonchev–Trinajstić information content (AvgIpc) is 2.66. The number of hydrogen-bond acceptors (Lipinski definition) is 5. The van der Waals surface area contributed by atoms with Gasteiger partial charge >= 0.3 is 5.97 Å². The van der Waals surface area contributed by atoms with Crippen LogP contribution >= 0.6 is 0 Å². The molecule has 0 amide bonds. The highest BCUT2D eigenvalue weighted by atomic mass is 16.5. The lowest BCUT2D eigenvalue weighted by atomic mass is 9.97. The molecule has 0 saturated carbocycles. The molecule has 0 saturated heterocycles. The van der Waals surface area contributed by atoms with Crippen molar-refractivity contribution in [3.63, 3.8) is 0 Å². The van der Waals surface area contributed by atoms with Crippen molar-refractivity contribution in [2.75, 3.05) is 14.2 Å². The van der Waals surface area contributed by atoms with E-state index in [-0.39, 0.29) is 11.8 Å². The van der Waals surface area contributed by atoms with Crippen LogP contribution in [0.4, 0.5) is 0 Å². The van der Waals surface area contributed by atoms with E-state index in [1.807, 2.05) is 19.1 Å². The van der Waals surface area contributed by atoms with Gasteiger partial charge in [-0.2, -0.15) is 0 Å². The summed E-state index contributed by atoms with van der Waals surface area (Å²) in [4.78, 5) is 24.5. The molecule has 148 valence electrons. The van der Waals surface area contributed by atoms with E-state index in [1.165, 1.54) is 6.08 Å². The van der Waals surface area contributed by atoms with Gasteiger partial charge in [0.15, 0.2) is 5.78 Å². The molecular formula is C23H26O5. The van der Waals surface area contributed by atoms with Gasteiger partial charge in [0.1, 0.15) is 17.2 Å². The largest absolute Gasteiger partial charge is 0.496 e. The van der Waals surface area contributed by atoms with Gasteiger partial charge in [-0.3, -0.25) is 9.59 Å². The van der Waals surface area contributed by atoms with E-state index in [1.54, 1.807) is 65.3 Å². The Morgan fingerprint density at radius 3 is 2.11 bits per heavy atom. The van der Waals surface area contributed by atoms with Crippen LogP contribution in [0, 0.1) is 12.3 Å². The molecule has 0 bridgehead atoms. The Bertz CT molecular complexity index is 886. The standard InChI is InChI=1S/C23H26O5/c1-15-7-14-20(26-5)18(21(15)27-6)12-13-19(24)16-8-10-17(11-9-16)28-22(25)23(2,3)4/h7-14H,1-6H3. The Morgan fingerprint density at radius 2 is 1.57 bits per heavy atom. The molecule has 5 heteroatoms. The fourth-order valence-corrected chi connectivity index (χ4v) is 2.50. The van der Waals surface area contributed by atoms with Gasteiger partial charge in [-0.05, 0) is 75.7 Å². The predicted molar refractivity (Wildman–Crippen MR) is 109 cm³/mol. The number of ketones is 1. The fourth-order valence-electron chi connectivity index (χ4n) is 2.50. The summed E-state index contributed by atoms with van der Waals surface area (Å²) < 4.78 is 16.1. The maximum atomic E-state index is 12.5. The van der Waals surface area contributed by atoms with Crippen LogP contribution in [0.1, 0.15) is 42.3 Å². The van der Waals surface area contributed by atoms with Crippen LogP contribution in [-0.2, 0) is 4.79 Å². The van der Waals surface area contributed by atoms with Crippen molar-refractivity contribution < 1.29 is 23.8 Å². The van der Waals surface area contributed by atoms with Crippen molar-refractivity contribution in [3.05, 3.63) is 59.2 Å². The van der Waals surface area contributed by atoms with Gasteiger partial charge in [0, 0.05) is 5.56 Å². The molecule has 28 heavy (non-hydrogen) atoms. The number of carbonyl (C=O) groups is 2. The van der Waals surface area contributed by atoms with Crippen molar-refractivity contribution in [2.24, 2.45) is 5.41 Å². The first-order chi connectivity index (χ1) is 13.2. The third-order valence-corrected chi connectivity index (χ3v) is 4.14. The highest BCUT2D eigenvalue weighted by Crippen LogP contribution is 2.33. The highest BCUT2D eigenvalue weighted by Gasteiger charge is 2.23. The van der Waals surface area contributed by atoms with Crippen LogP contribution in [-0.4, -0.2) is 26.0 Å². The topological polar surface area (TPSA) is 61.8 Å². The number of rotatable bonds is 6. The molecule has 0 aliphatic heterocycles. The molecule has 2 rings (SSSR count). The third kappa shape index (κ3) is 5.00. The summed E-state index contributed by atoms with van der Waals surface area (Å²) in [6, 6.07) is 10.2.